The van der Waals surface area contributed by atoms with Gasteiger partial charge in [-0.3, -0.25) is 0 Å². The lowest BCUT2D eigenvalue weighted by Crippen LogP contribution is -2.27. The van der Waals surface area contributed by atoms with Crippen LogP contribution in [0.2, 0.25) is 0 Å². The minimum absolute atomic E-state index is 0.164. The number of nitrogens with zero attached hydrogens (tertiary/aromatic N) is 1. The number of hydroxylamine groups is 2. The Hall–Kier alpha value is -1.12. The normalized spacial score (nSPS) is 15.7. The summed E-state index contributed by atoms with van der Waals surface area (Å²) in [6.45, 7) is 2.02. The maximum absolute atomic E-state index is 9.30. The molecule has 1 N–H and O–H groups in total. The van der Waals surface area contributed by atoms with E-state index in [0.717, 1.165) is 12.8 Å². The van der Waals surface area contributed by atoms with Crippen molar-refractivity contribution in [2.45, 2.75) is 25.8 Å². The largest absolute Gasteiger partial charge is 0.314 e. The first-order valence-electron chi connectivity index (χ1n) is 5.37. The van der Waals surface area contributed by atoms with Gasteiger partial charge in [-0.15, -0.1) is 0 Å². The molecule has 0 heterocycles. The van der Waals surface area contributed by atoms with E-state index in [1.54, 1.807) is 7.05 Å². The second-order valence-electron chi connectivity index (χ2n) is 4.27. The van der Waals surface area contributed by atoms with Crippen molar-refractivity contribution in [3.05, 3.63) is 41.0 Å². The van der Waals surface area contributed by atoms with Crippen molar-refractivity contribution in [2.75, 3.05) is 7.05 Å². The molecule has 1 unspecified atom stereocenters. The summed E-state index contributed by atoms with van der Waals surface area (Å²) in [5.74, 6) is 0. The highest BCUT2D eigenvalue weighted by atomic mass is 16.5. The van der Waals surface area contributed by atoms with Gasteiger partial charge in [0.05, 0.1) is 0 Å². The molecule has 0 aliphatic heterocycles. The quantitative estimate of drug-likeness (QED) is 0.763. The Balaban J connectivity index is 2.11. The summed E-state index contributed by atoms with van der Waals surface area (Å²) >= 11 is 0. The molecule has 15 heavy (non-hydrogen) atoms. The minimum Gasteiger partial charge on any atom is -0.314 e. The molecule has 0 bridgehead atoms. The van der Waals surface area contributed by atoms with E-state index in [0.29, 0.717) is 0 Å². The minimum atomic E-state index is 0.164. The molecule has 0 amide bonds. The van der Waals surface area contributed by atoms with Gasteiger partial charge < -0.3 is 5.21 Å². The maximum Gasteiger partial charge on any atom is 0.0359 e. The van der Waals surface area contributed by atoms with Crippen LogP contribution in [0.1, 0.15) is 23.6 Å². The Kier molecular flexibility index (Phi) is 2.89. The van der Waals surface area contributed by atoms with E-state index in [-0.39, 0.29) is 6.04 Å². The number of hydrogen-bond acceptors (Lipinski definition) is 2. The zero-order valence-electron chi connectivity index (χ0n) is 9.27. The summed E-state index contributed by atoms with van der Waals surface area (Å²) in [5, 5.41) is 10.6. The predicted molar refractivity (Wildman–Crippen MR) is 61.9 cm³/mol. The highest BCUT2D eigenvalue weighted by Crippen LogP contribution is 2.21. The van der Waals surface area contributed by atoms with Gasteiger partial charge in [0.2, 0.25) is 0 Å². The number of fused-ring (bicyclic) bond motifs is 1. The lowest BCUT2D eigenvalue weighted by molar-refractivity contribution is -0.0963. The van der Waals surface area contributed by atoms with Crippen LogP contribution in [-0.2, 0) is 12.8 Å². The smallest absolute Gasteiger partial charge is 0.0359 e. The number of hydrogen-bond donors (Lipinski definition) is 1. The fourth-order valence-electron chi connectivity index (χ4n) is 1.91. The first kappa shape index (κ1) is 10.4. The SMILES string of the molecule is CC(Cc1ccc2c(c1)CC=C2)N(C)O. The molecule has 2 heteroatoms. The Morgan fingerprint density at radius 1 is 1.47 bits per heavy atom. The third-order valence-electron chi connectivity index (χ3n) is 3.01. The average Bonchev–Trinajstić information content (AvgIpc) is 2.64. The van der Waals surface area contributed by atoms with Crippen LogP contribution in [0.25, 0.3) is 6.08 Å². The molecule has 80 valence electrons. The molecule has 0 saturated heterocycles. The third-order valence-corrected chi connectivity index (χ3v) is 3.01. The van der Waals surface area contributed by atoms with Crippen molar-refractivity contribution in [3.8, 4) is 0 Å². The molecule has 1 atom stereocenters. The van der Waals surface area contributed by atoms with Gasteiger partial charge in [-0.1, -0.05) is 30.4 Å². The molecule has 0 saturated carbocycles. The van der Waals surface area contributed by atoms with E-state index in [1.165, 1.54) is 21.8 Å². The number of allylic oxidation sites excluding steroid dienone is 1. The van der Waals surface area contributed by atoms with Crippen LogP contribution in [0.5, 0.6) is 0 Å². The summed E-state index contributed by atoms with van der Waals surface area (Å²) in [5.41, 5.74) is 4.04. The van der Waals surface area contributed by atoms with Crippen LogP contribution in [0, 0.1) is 0 Å². The van der Waals surface area contributed by atoms with E-state index in [2.05, 4.69) is 30.4 Å². The van der Waals surface area contributed by atoms with Crippen molar-refractivity contribution in [1.82, 2.24) is 5.06 Å². The first-order chi connectivity index (χ1) is 7.16. The summed E-state index contributed by atoms with van der Waals surface area (Å²) in [4.78, 5) is 0. The zero-order chi connectivity index (χ0) is 10.8. The fraction of sp³-hybridized carbons (Fsp3) is 0.385. The van der Waals surface area contributed by atoms with Crippen molar-refractivity contribution in [2.24, 2.45) is 0 Å². The lowest BCUT2D eigenvalue weighted by atomic mass is 10.0. The van der Waals surface area contributed by atoms with E-state index in [9.17, 15) is 5.21 Å². The van der Waals surface area contributed by atoms with Gasteiger partial charge >= 0.3 is 0 Å². The highest BCUT2D eigenvalue weighted by molar-refractivity contribution is 5.60. The summed E-state index contributed by atoms with van der Waals surface area (Å²) < 4.78 is 0. The molecular formula is C13H17NO. The van der Waals surface area contributed by atoms with Gasteiger partial charge in [-0.25, -0.2) is 0 Å². The van der Waals surface area contributed by atoms with Crippen LogP contribution in [-0.4, -0.2) is 23.4 Å². The van der Waals surface area contributed by atoms with Crippen molar-refractivity contribution in [3.63, 3.8) is 0 Å². The Morgan fingerprint density at radius 2 is 2.27 bits per heavy atom. The molecule has 0 aromatic heterocycles. The molecule has 2 nitrogen and oxygen atoms in total. The third kappa shape index (κ3) is 2.28. The fourth-order valence-corrected chi connectivity index (χ4v) is 1.91. The molecule has 1 aromatic carbocycles. The van der Waals surface area contributed by atoms with Crippen molar-refractivity contribution >= 4 is 6.08 Å². The predicted octanol–water partition coefficient (Wildman–Crippen LogP) is 2.51. The topological polar surface area (TPSA) is 23.5 Å². The van der Waals surface area contributed by atoms with Crippen LogP contribution < -0.4 is 0 Å². The summed E-state index contributed by atoms with van der Waals surface area (Å²) in [7, 11) is 1.69. The number of rotatable bonds is 3. The average molecular weight is 203 g/mol. The molecule has 1 aromatic rings. The van der Waals surface area contributed by atoms with Gasteiger partial charge in [0.1, 0.15) is 0 Å². The standard InChI is InChI=1S/C13H17NO/c1-10(14(2)15)8-11-6-7-12-4-3-5-13(12)9-11/h3-4,6-7,9-10,15H,5,8H2,1-2H3. The first-order valence-corrected chi connectivity index (χ1v) is 5.37. The number of likely N-dealkylation sites (N-methyl/N-ethyl adjacent to an activating group) is 1. The van der Waals surface area contributed by atoms with Crippen LogP contribution in [0.4, 0.5) is 0 Å². The van der Waals surface area contributed by atoms with Crippen LogP contribution in [0.3, 0.4) is 0 Å². The molecule has 1 aliphatic carbocycles. The molecule has 0 spiro atoms. The van der Waals surface area contributed by atoms with E-state index >= 15 is 0 Å². The summed E-state index contributed by atoms with van der Waals surface area (Å²) in [6, 6.07) is 6.72. The Labute approximate surface area is 90.8 Å². The van der Waals surface area contributed by atoms with Crippen molar-refractivity contribution in [1.29, 1.82) is 0 Å². The molecule has 1 aliphatic rings. The van der Waals surface area contributed by atoms with Crippen LogP contribution >= 0.6 is 0 Å². The van der Waals surface area contributed by atoms with Gasteiger partial charge in [-0.2, -0.15) is 5.06 Å². The molecule has 0 fully saturated rings. The van der Waals surface area contributed by atoms with Crippen LogP contribution in [0.15, 0.2) is 24.3 Å². The van der Waals surface area contributed by atoms with Gasteiger partial charge in [0.25, 0.3) is 0 Å². The zero-order valence-corrected chi connectivity index (χ0v) is 9.27. The van der Waals surface area contributed by atoms with Crippen molar-refractivity contribution < 1.29 is 5.21 Å². The number of benzene rings is 1. The highest BCUT2D eigenvalue weighted by Gasteiger charge is 2.10. The Morgan fingerprint density at radius 3 is 3.00 bits per heavy atom. The lowest BCUT2D eigenvalue weighted by Gasteiger charge is -2.18. The summed E-state index contributed by atoms with van der Waals surface area (Å²) in [6.07, 6.45) is 6.30. The van der Waals surface area contributed by atoms with Gasteiger partial charge in [0.15, 0.2) is 0 Å². The molecule has 0 radical (unpaired) electrons. The monoisotopic (exact) mass is 203 g/mol. The second kappa shape index (κ2) is 4.17. The molecule has 2 rings (SSSR count). The maximum atomic E-state index is 9.30. The second-order valence-corrected chi connectivity index (χ2v) is 4.27. The van der Waals surface area contributed by atoms with Gasteiger partial charge in [-0.05, 0) is 36.5 Å². The van der Waals surface area contributed by atoms with E-state index in [1.807, 2.05) is 6.92 Å². The molecular weight excluding hydrogens is 186 g/mol. The van der Waals surface area contributed by atoms with E-state index in [4.69, 9.17) is 0 Å². The van der Waals surface area contributed by atoms with E-state index < -0.39 is 0 Å². The Bertz CT molecular complexity index is 382. The van der Waals surface area contributed by atoms with Gasteiger partial charge in [0, 0.05) is 13.1 Å².